The van der Waals surface area contributed by atoms with Gasteiger partial charge in [0.05, 0.1) is 23.6 Å². The molecule has 2 heterocycles. The molecule has 0 radical (unpaired) electrons. The van der Waals surface area contributed by atoms with Crippen LogP contribution in [0.1, 0.15) is 27.4 Å². The number of rotatable bonds is 4. The maximum Gasteiger partial charge on any atom is 0.276 e. The number of hydrogen-bond donors (Lipinski definition) is 1. The standard InChI is InChI=1S/C17H18ClN5O/c1-11-16(19-17(24)15-7-8-22(3)21-15)12(2)23(20-11)10-13-5-4-6-14(18)9-13/h4-9H,10H2,1-3H3,(H,19,24). The van der Waals surface area contributed by atoms with E-state index in [1.807, 2.05) is 42.8 Å². The summed E-state index contributed by atoms with van der Waals surface area (Å²) in [5.74, 6) is -0.246. The molecule has 0 saturated carbocycles. The van der Waals surface area contributed by atoms with E-state index in [-0.39, 0.29) is 5.91 Å². The summed E-state index contributed by atoms with van der Waals surface area (Å²) in [6, 6.07) is 9.33. The van der Waals surface area contributed by atoms with Crippen LogP contribution in [0.25, 0.3) is 0 Å². The molecule has 3 rings (SSSR count). The SMILES string of the molecule is Cc1nn(Cc2cccc(Cl)c2)c(C)c1NC(=O)c1ccn(C)n1. The minimum atomic E-state index is -0.246. The number of aromatic nitrogens is 4. The molecule has 7 heteroatoms. The van der Waals surface area contributed by atoms with Crippen molar-refractivity contribution >= 4 is 23.2 Å². The summed E-state index contributed by atoms with van der Waals surface area (Å²) < 4.78 is 3.45. The van der Waals surface area contributed by atoms with E-state index in [2.05, 4.69) is 15.5 Å². The molecule has 0 aliphatic heterocycles. The van der Waals surface area contributed by atoms with E-state index in [0.717, 1.165) is 17.0 Å². The van der Waals surface area contributed by atoms with Gasteiger partial charge in [0.1, 0.15) is 0 Å². The number of anilines is 1. The molecule has 1 N–H and O–H groups in total. The minimum absolute atomic E-state index is 0.246. The van der Waals surface area contributed by atoms with Crippen LogP contribution in [0.3, 0.4) is 0 Å². The van der Waals surface area contributed by atoms with Crippen LogP contribution in [0.4, 0.5) is 5.69 Å². The normalized spacial score (nSPS) is 10.8. The molecule has 0 spiro atoms. The van der Waals surface area contributed by atoms with Crippen LogP contribution in [-0.2, 0) is 13.6 Å². The van der Waals surface area contributed by atoms with E-state index in [4.69, 9.17) is 11.6 Å². The Labute approximate surface area is 145 Å². The van der Waals surface area contributed by atoms with Crippen LogP contribution >= 0.6 is 11.6 Å². The Hall–Kier alpha value is -2.60. The summed E-state index contributed by atoms with van der Waals surface area (Å²) in [7, 11) is 1.77. The third kappa shape index (κ3) is 3.33. The van der Waals surface area contributed by atoms with Crippen molar-refractivity contribution < 1.29 is 4.79 Å². The average molecular weight is 344 g/mol. The van der Waals surface area contributed by atoms with Crippen molar-refractivity contribution in [3.63, 3.8) is 0 Å². The molecule has 0 aliphatic carbocycles. The average Bonchev–Trinajstić information content (AvgIpc) is 3.07. The number of benzene rings is 1. The molecule has 1 aromatic carbocycles. The number of nitrogens with zero attached hydrogens (tertiary/aromatic N) is 4. The van der Waals surface area contributed by atoms with Crippen LogP contribution in [-0.4, -0.2) is 25.5 Å². The van der Waals surface area contributed by atoms with Crippen molar-refractivity contribution in [1.29, 1.82) is 0 Å². The first-order valence-corrected chi connectivity index (χ1v) is 7.91. The van der Waals surface area contributed by atoms with Crippen molar-refractivity contribution in [3.8, 4) is 0 Å². The Balaban J connectivity index is 1.82. The minimum Gasteiger partial charge on any atom is -0.317 e. The molecule has 0 bridgehead atoms. The smallest absolute Gasteiger partial charge is 0.276 e. The van der Waals surface area contributed by atoms with Crippen LogP contribution < -0.4 is 5.32 Å². The van der Waals surface area contributed by atoms with Gasteiger partial charge >= 0.3 is 0 Å². The number of nitrogens with one attached hydrogen (secondary N) is 1. The van der Waals surface area contributed by atoms with E-state index in [1.165, 1.54) is 0 Å². The Morgan fingerprint density at radius 2 is 2.04 bits per heavy atom. The van der Waals surface area contributed by atoms with Gasteiger partial charge in [0.25, 0.3) is 5.91 Å². The molecule has 0 aliphatic rings. The fraction of sp³-hybridized carbons (Fsp3) is 0.235. The molecule has 6 nitrogen and oxygen atoms in total. The largest absolute Gasteiger partial charge is 0.317 e. The molecular weight excluding hydrogens is 326 g/mol. The topological polar surface area (TPSA) is 64.7 Å². The number of carbonyl (C=O) groups excluding carboxylic acids is 1. The zero-order valence-corrected chi connectivity index (χ0v) is 14.5. The highest BCUT2D eigenvalue weighted by atomic mass is 35.5. The zero-order valence-electron chi connectivity index (χ0n) is 13.7. The second-order valence-electron chi connectivity index (χ2n) is 5.66. The van der Waals surface area contributed by atoms with E-state index in [0.29, 0.717) is 22.9 Å². The Kier molecular flexibility index (Phi) is 4.40. The van der Waals surface area contributed by atoms with Crippen molar-refractivity contribution in [2.75, 3.05) is 5.32 Å². The maximum atomic E-state index is 12.3. The van der Waals surface area contributed by atoms with Gasteiger partial charge in [0.15, 0.2) is 5.69 Å². The summed E-state index contributed by atoms with van der Waals surface area (Å²) in [6.45, 7) is 4.39. The van der Waals surface area contributed by atoms with Gasteiger partial charge in [-0.1, -0.05) is 23.7 Å². The van der Waals surface area contributed by atoms with Gasteiger partial charge in [-0.15, -0.1) is 0 Å². The Bertz CT molecular complexity index is 896. The van der Waals surface area contributed by atoms with E-state index in [9.17, 15) is 4.79 Å². The molecule has 0 saturated heterocycles. The van der Waals surface area contributed by atoms with Gasteiger partial charge in [-0.25, -0.2) is 0 Å². The Morgan fingerprint density at radius 3 is 2.71 bits per heavy atom. The molecule has 2 aromatic heterocycles. The molecule has 3 aromatic rings. The number of aryl methyl sites for hydroxylation is 2. The maximum absolute atomic E-state index is 12.3. The number of amides is 1. The molecule has 1 amide bonds. The van der Waals surface area contributed by atoms with Crippen LogP contribution in [0.5, 0.6) is 0 Å². The highest BCUT2D eigenvalue weighted by Crippen LogP contribution is 2.21. The molecule has 0 atom stereocenters. The fourth-order valence-electron chi connectivity index (χ4n) is 2.55. The zero-order chi connectivity index (χ0) is 17.3. The van der Waals surface area contributed by atoms with E-state index < -0.39 is 0 Å². The molecular formula is C17H18ClN5O. The van der Waals surface area contributed by atoms with Crippen molar-refractivity contribution in [2.45, 2.75) is 20.4 Å². The predicted molar refractivity (Wildman–Crippen MR) is 93.4 cm³/mol. The first kappa shape index (κ1) is 16.3. The predicted octanol–water partition coefficient (Wildman–Crippen LogP) is 3.19. The summed E-state index contributed by atoms with van der Waals surface area (Å²) in [5, 5.41) is 12.2. The lowest BCUT2D eigenvalue weighted by Gasteiger charge is -2.07. The highest BCUT2D eigenvalue weighted by molar-refractivity contribution is 6.30. The first-order valence-electron chi connectivity index (χ1n) is 7.53. The quantitative estimate of drug-likeness (QED) is 0.791. The molecule has 24 heavy (non-hydrogen) atoms. The summed E-state index contributed by atoms with van der Waals surface area (Å²) in [5.41, 5.74) is 3.79. The summed E-state index contributed by atoms with van der Waals surface area (Å²) in [4.78, 5) is 12.3. The Morgan fingerprint density at radius 1 is 1.25 bits per heavy atom. The second kappa shape index (κ2) is 6.49. The molecule has 124 valence electrons. The third-order valence-corrected chi connectivity index (χ3v) is 4.02. The number of carbonyl (C=O) groups is 1. The lowest BCUT2D eigenvalue weighted by Crippen LogP contribution is -2.14. The summed E-state index contributed by atoms with van der Waals surface area (Å²) in [6.07, 6.45) is 1.73. The van der Waals surface area contributed by atoms with Gasteiger partial charge in [-0.3, -0.25) is 14.2 Å². The van der Waals surface area contributed by atoms with Gasteiger partial charge in [-0.2, -0.15) is 10.2 Å². The van der Waals surface area contributed by atoms with Gasteiger partial charge < -0.3 is 5.32 Å². The first-order chi connectivity index (χ1) is 11.4. The van der Waals surface area contributed by atoms with Crippen LogP contribution in [0.2, 0.25) is 5.02 Å². The van der Waals surface area contributed by atoms with Crippen molar-refractivity contribution in [1.82, 2.24) is 19.6 Å². The van der Waals surface area contributed by atoms with Gasteiger partial charge in [0, 0.05) is 18.3 Å². The third-order valence-electron chi connectivity index (χ3n) is 3.79. The lowest BCUT2D eigenvalue weighted by atomic mass is 10.2. The van der Waals surface area contributed by atoms with E-state index in [1.54, 1.807) is 24.0 Å². The monoisotopic (exact) mass is 343 g/mol. The number of halogens is 1. The molecule has 0 unspecified atom stereocenters. The summed E-state index contributed by atoms with van der Waals surface area (Å²) >= 11 is 6.03. The van der Waals surface area contributed by atoms with Gasteiger partial charge in [0.2, 0.25) is 0 Å². The van der Waals surface area contributed by atoms with Gasteiger partial charge in [-0.05, 0) is 37.6 Å². The van der Waals surface area contributed by atoms with Crippen molar-refractivity contribution in [2.24, 2.45) is 7.05 Å². The fourth-order valence-corrected chi connectivity index (χ4v) is 2.77. The van der Waals surface area contributed by atoms with Crippen LogP contribution in [0.15, 0.2) is 36.5 Å². The highest BCUT2D eigenvalue weighted by Gasteiger charge is 2.16. The lowest BCUT2D eigenvalue weighted by molar-refractivity contribution is 0.102. The second-order valence-corrected chi connectivity index (χ2v) is 6.10. The van der Waals surface area contributed by atoms with Crippen LogP contribution in [0, 0.1) is 13.8 Å². The van der Waals surface area contributed by atoms with E-state index >= 15 is 0 Å². The molecule has 0 fully saturated rings. The van der Waals surface area contributed by atoms with Crippen molar-refractivity contribution in [3.05, 3.63) is 64.2 Å². The number of hydrogen-bond acceptors (Lipinski definition) is 3.